The third kappa shape index (κ3) is 4.86. The third-order valence-electron chi connectivity index (χ3n) is 6.25. The maximum atomic E-state index is 13.2. The molecule has 0 spiro atoms. The van der Waals surface area contributed by atoms with E-state index in [2.05, 4.69) is 0 Å². The summed E-state index contributed by atoms with van der Waals surface area (Å²) in [5.74, 6) is -0.244. The summed E-state index contributed by atoms with van der Waals surface area (Å²) in [5.41, 5.74) is 0.699. The molecule has 6 nitrogen and oxygen atoms in total. The van der Waals surface area contributed by atoms with E-state index in [0.717, 1.165) is 17.7 Å². The van der Waals surface area contributed by atoms with Crippen LogP contribution in [0.5, 0.6) is 0 Å². The molecule has 0 aliphatic carbocycles. The van der Waals surface area contributed by atoms with E-state index >= 15 is 0 Å². The molecule has 0 aromatic heterocycles. The average Bonchev–Trinajstić information content (AvgIpc) is 3.29. The SMILES string of the molecule is Cc1ccc(S(=O)(=O)N2CCC[C@H]2C(=O)N2CCN(c3cccc(C(F)(F)F)c3)CC2)cc1. The Morgan fingerprint density at radius 2 is 1.64 bits per heavy atom. The molecule has 2 heterocycles. The van der Waals surface area contributed by atoms with Gasteiger partial charge in [0.25, 0.3) is 0 Å². The van der Waals surface area contributed by atoms with Gasteiger partial charge in [-0.1, -0.05) is 23.8 Å². The lowest BCUT2D eigenvalue weighted by Gasteiger charge is -2.38. The van der Waals surface area contributed by atoms with Gasteiger partial charge in [-0.05, 0) is 50.1 Å². The third-order valence-corrected chi connectivity index (χ3v) is 8.17. The van der Waals surface area contributed by atoms with Crippen LogP contribution in [-0.2, 0) is 21.0 Å². The number of hydrogen-bond donors (Lipinski definition) is 0. The van der Waals surface area contributed by atoms with Crippen LogP contribution >= 0.6 is 0 Å². The Morgan fingerprint density at radius 1 is 0.970 bits per heavy atom. The maximum Gasteiger partial charge on any atom is 0.416 e. The van der Waals surface area contributed by atoms with Crippen LogP contribution in [0.3, 0.4) is 0 Å². The Kier molecular flexibility index (Phi) is 6.41. The number of hydrogen-bond acceptors (Lipinski definition) is 4. The molecule has 178 valence electrons. The number of amides is 1. The first-order valence-corrected chi connectivity index (χ1v) is 12.3. The normalized spacial score (nSPS) is 20.3. The Morgan fingerprint density at radius 3 is 2.27 bits per heavy atom. The standard InChI is InChI=1S/C23H26F3N3O3S/c1-17-7-9-20(10-8-17)33(31,32)29-11-3-6-21(29)22(30)28-14-12-27(13-15-28)19-5-2-4-18(16-19)23(24,25)26/h2,4-5,7-10,16,21H,3,6,11-15H2,1H3/t21-/m0/s1. The molecular formula is C23H26F3N3O3S. The lowest BCUT2D eigenvalue weighted by molar-refractivity contribution is -0.137. The molecule has 1 amide bonds. The minimum atomic E-state index is -4.41. The summed E-state index contributed by atoms with van der Waals surface area (Å²) in [6, 6.07) is 11.0. The van der Waals surface area contributed by atoms with Crippen molar-refractivity contribution in [2.24, 2.45) is 0 Å². The predicted molar refractivity (Wildman–Crippen MR) is 118 cm³/mol. The molecule has 0 unspecified atom stereocenters. The summed E-state index contributed by atoms with van der Waals surface area (Å²) in [7, 11) is -3.79. The molecule has 2 aromatic carbocycles. The molecule has 1 atom stereocenters. The summed E-state index contributed by atoms with van der Waals surface area (Å²) < 4.78 is 66.7. The number of rotatable bonds is 4. The molecule has 0 N–H and O–H groups in total. The molecule has 0 bridgehead atoms. The van der Waals surface area contributed by atoms with Gasteiger partial charge in [0, 0.05) is 38.4 Å². The van der Waals surface area contributed by atoms with E-state index in [1.807, 2.05) is 11.8 Å². The van der Waals surface area contributed by atoms with E-state index in [1.165, 1.54) is 10.4 Å². The molecule has 2 aromatic rings. The van der Waals surface area contributed by atoms with Gasteiger partial charge in [-0.2, -0.15) is 17.5 Å². The van der Waals surface area contributed by atoms with Crippen molar-refractivity contribution in [1.29, 1.82) is 0 Å². The molecule has 2 aliphatic heterocycles. The number of carbonyl (C=O) groups is 1. The van der Waals surface area contributed by atoms with E-state index in [0.29, 0.717) is 44.7 Å². The van der Waals surface area contributed by atoms with E-state index in [9.17, 15) is 26.4 Å². The number of halogens is 3. The summed E-state index contributed by atoms with van der Waals surface area (Å²) >= 11 is 0. The van der Waals surface area contributed by atoms with Gasteiger partial charge < -0.3 is 9.80 Å². The first-order valence-electron chi connectivity index (χ1n) is 10.9. The molecule has 2 fully saturated rings. The monoisotopic (exact) mass is 481 g/mol. The zero-order valence-corrected chi connectivity index (χ0v) is 19.1. The van der Waals surface area contributed by atoms with Gasteiger partial charge in [-0.3, -0.25) is 4.79 Å². The summed E-state index contributed by atoms with van der Waals surface area (Å²) in [6.07, 6.45) is -3.36. The van der Waals surface area contributed by atoms with Crippen LogP contribution in [0.25, 0.3) is 0 Å². The van der Waals surface area contributed by atoms with Crippen molar-refractivity contribution in [2.45, 2.75) is 36.9 Å². The van der Waals surface area contributed by atoms with E-state index < -0.39 is 27.8 Å². The van der Waals surface area contributed by atoms with Gasteiger partial charge in [-0.15, -0.1) is 0 Å². The van der Waals surface area contributed by atoms with E-state index in [1.54, 1.807) is 35.2 Å². The van der Waals surface area contributed by atoms with Crippen molar-refractivity contribution in [1.82, 2.24) is 9.21 Å². The van der Waals surface area contributed by atoms with Crippen molar-refractivity contribution in [2.75, 3.05) is 37.6 Å². The highest BCUT2D eigenvalue weighted by Gasteiger charge is 2.41. The van der Waals surface area contributed by atoms with Crippen LogP contribution in [0.1, 0.15) is 24.0 Å². The Labute approximate surface area is 191 Å². The van der Waals surface area contributed by atoms with Gasteiger partial charge >= 0.3 is 6.18 Å². The number of anilines is 1. The average molecular weight is 482 g/mol. The van der Waals surface area contributed by atoms with Gasteiger partial charge in [-0.25, -0.2) is 8.42 Å². The van der Waals surface area contributed by atoms with E-state index in [-0.39, 0.29) is 17.3 Å². The minimum absolute atomic E-state index is 0.169. The second kappa shape index (κ2) is 8.98. The van der Waals surface area contributed by atoms with Crippen LogP contribution in [0, 0.1) is 6.92 Å². The van der Waals surface area contributed by atoms with Crippen LogP contribution in [-0.4, -0.2) is 62.3 Å². The number of alkyl halides is 3. The van der Waals surface area contributed by atoms with Gasteiger partial charge in [0.2, 0.25) is 15.9 Å². The lowest BCUT2D eigenvalue weighted by atomic mass is 10.1. The van der Waals surface area contributed by atoms with Crippen molar-refractivity contribution >= 4 is 21.6 Å². The number of carbonyl (C=O) groups excluding carboxylic acids is 1. The zero-order chi connectivity index (χ0) is 23.8. The first kappa shape index (κ1) is 23.6. The van der Waals surface area contributed by atoms with Gasteiger partial charge in [0.15, 0.2) is 0 Å². The first-order chi connectivity index (χ1) is 15.6. The van der Waals surface area contributed by atoms with E-state index in [4.69, 9.17) is 0 Å². The minimum Gasteiger partial charge on any atom is -0.368 e. The lowest BCUT2D eigenvalue weighted by Crippen LogP contribution is -2.54. The Bertz CT molecular complexity index is 1110. The highest BCUT2D eigenvalue weighted by molar-refractivity contribution is 7.89. The predicted octanol–water partition coefficient (Wildman–Crippen LogP) is 3.52. The molecule has 2 saturated heterocycles. The molecular weight excluding hydrogens is 455 g/mol. The second-order valence-electron chi connectivity index (χ2n) is 8.45. The Balaban J connectivity index is 1.44. The molecule has 33 heavy (non-hydrogen) atoms. The molecule has 0 saturated carbocycles. The number of piperazine rings is 1. The zero-order valence-electron chi connectivity index (χ0n) is 18.3. The molecule has 0 radical (unpaired) electrons. The highest BCUT2D eigenvalue weighted by Crippen LogP contribution is 2.32. The van der Waals surface area contributed by atoms with Gasteiger partial charge in [0.1, 0.15) is 6.04 Å². The number of aryl methyl sites for hydroxylation is 1. The number of nitrogens with zero attached hydrogens (tertiary/aromatic N) is 3. The molecule has 2 aliphatic rings. The van der Waals surface area contributed by atoms with Crippen LogP contribution < -0.4 is 4.90 Å². The fourth-order valence-electron chi connectivity index (χ4n) is 4.39. The van der Waals surface area contributed by atoms with Crippen molar-refractivity contribution in [3.05, 3.63) is 59.7 Å². The summed E-state index contributed by atoms with van der Waals surface area (Å²) in [6.45, 7) is 3.57. The summed E-state index contributed by atoms with van der Waals surface area (Å²) in [5, 5.41) is 0. The van der Waals surface area contributed by atoms with Crippen LogP contribution in [0.15, 0.2) is 53.4 Å². The maximum absolute atomic E-state index is 13.2. The quantitative estimate of drug-likeness (QED) is 0.671. The second-order valence-corrected chi connectivity index (χ2v) is 10.3. The molecule has 4 rings (SSSR count). The Hall–Kier alpha value is -2.59. The fraction of sp³-hybridized carbons (Fsp3) is 0.435. The van der Waals surface area contributed by atoms with Crippen LogP contribution in [0.2, 0.25) is 0 Å². The topological polar surface area (TPSA) is 60.9 Å². The van der Waals surface area contributed by atoms with Crippen molar-refractivity contribution in [3.8, 4) is 0 Å². The largest absolute Gasteiger partial charge is 0.416 e. The number of sulfonamides is 1. The summed E-state index contributed by atoms with van der Waals surface area (Å²) in [4.78, 5) is 16.8. The van der Waals surface area contributed by atoms with Crippen molar-refractivity contribution in [3.63, 3.8) is 0 Å². The van der Waals surface area contributed by atoms with Crippen LogP contribution in [0.4, 0.5) is 18.9 Å². The fourth-order valence-corrected chi connectivity index (χ4v) is 6.05. The number of benzene rings is 2. The van der Waals surface area contributed by atoms with Gasteiger partial charge in [0.05, 0.1) is 10.5 Å². The molecule has 10 heteroatoms. The smallest absolute Gasteiger partial charge is 0.368 e. The highest BCUT2D eigenvalue weighted by atomic mass is 32.2. The van der Waals surface area contributed by atoms with Crippen molar-refractivity contribution < 1.29 is 26.4 Å².